The summed E-state index contributed by atoms with van der Waals surface area (Å²) in [5.41, 5.74) is 0.779. The van der Waals surface area contributed by atoms with Crippen molar-refractivity contribution in [1.29, 1.82) is 0 Å². The first kappa shape index (κ1) is 19.4. The Balaban J connectivity index is 1.66. The van der Waals surface area contributed by atoms with Crippen molar-refractivity contribution in [3.8, 4) is 5.75 Å². The molecule has 0 bridgehead atoms. The van der Waals surface area contributed by atoms with Crippen molar-refractivity contribution in [3.63, 3.8) is 0 Å². The summed E-state index contributed by atoms with van der Waals surface area (Å²) in [6, 6.07) is 5.83. The second-order valence-electron chi connectivity index (χ2n) is 6.37. The maximum Gasteiger partial charge on any atom is 0.387 e. The third kappa shape index (κ3) is 4.89. The van der Waals surface area contributed by atoms with Crippen LogP contribution in [-0.4, -0.2) is 55.6 Å². The summed E-state index contributed by atoms with van der Waals surface area (Å²) in [4.78, 5) is 16.6. The van der Waals surface area contributed by atoms with Crippen LogP contribution in [0.5, 0.6) is 5.75 Å². The van der Waals surface area contributed by atoms with Crippen LogP contribution in [0.2, 0.25) is 0 Å². The maximum absolute atomic E-state index is 12.4. The van der Waals surface area contributed by atoms with Gasteiger partial charge in [0.2, 0.25) is 10.0 Å². The molecule has 0 aliphatic carbocycles. The average molecular weight is 399 g/mol. The lowest BCUT2D eigenvalue weighted by Gasteiger charge is -2.30. The van der Waals surface area contributed by atoms with E-state index in [1.165, 1.54) is 28.9 Å². The van der Waals surface area contributed by atoms with E-state index in [4.69, 9.17) is 0 Å². The molecule has 10 heteroatoms. The van der Waals surface area contributed by atoms with E-state index in [0.29, 0.717) is 42.4 Å². The summed E-state index contributed by atoms with van der Waals surface area (Å²) >= 11 is 0. The molecule has 146 valence electrons. The molecule has 0 atom stereocenters. The largest absolute Gasteiger partial charge is 0.435 e. The van der Waals surface area contributed by atoms with Gasteiger partial charge >= 0.3 is 6.61 Å². The lowest BCUT2D eigenvalue weighted by Crippen LogP contribution is -2.46. The number of piperidine rings is 1. The molecule has 1 aromatic carbocycles. The third-order valence-electron chi connectivity index (χ3n) is 4.40. The van der Waals surface area contributed by atoms with Gasteiger partial charge in [0.15, 0.2) is 0 Å². The smallest absolute Gasteiger partial charge is 0.387 e. The molecule has 1 fully saturated rings. The highest BCUT2D eigenvalue weighted by Gasteiger charge is 2.26. The summed E-state index contributed by atoms with van der Waals surface area (Å²) in [6.07, 6.45) is 3.61. The maximum atomic E-state index is 12.4. The van der Waals surface area contributed by atoms with Gasteiger partial charge in [-0.05, 0) is 31.0 Å². The number of rotatable bonds is 5. The van der Waals surface area contributed by atoms with Crippen LogP contribution in [0.3, 0.4) is 0 Å². The minimum absolute atomic E-state index is 0.000150. The number of amides is 1. The number of sulfonamides is 1. The van der Waals surface area contributed by atoms with Crippen LogP contribution in [-0.2, 0) is 10.0 Å². The van der Waals surface area contributed by atoms with Gasteiger partial charge in [-0.15, -0.1) is 0 Å². The second kappa shape index (κ2) is 7.73. The molecule has 1 saturated heterocycles. The highest BCUT2D eigenvalue weighted by molar-refractivity contribution is 7.88. The summed E-state index contributed by atoms with van der Waals surface area (Å²) in [5, 5.41) is 3.51. The first-order valence-electron chi connectivity index (χ1n) is 8.33. The predicted octanol–water partition coefficient (Wildman–Crippen LogP) is 1.99. The zero-order chi connectivity index (χ0) is 19.6. The van der Waals surface area contributed by atoms with Crippen molar-refractivity contribution in [2.45, 2.75) is 25.5 Å². The number of ether oxygens (including phenoxy) is 1. The SMILES string of the molecule is CS(=O)(=O)N1CCC(NC(=O)c2cnc3cc(OC(F)F)ccc3c2)CC1. The topological polar surface area (TPSA) is 88.6 Å². The van der Waals surface area contributed by atoms with Gasteiger partial charge in [-0.2, -0.15) is 8.78 Å². The molecule has 0 spiro atoms. The average Bonchev–Trinajstić information content (AvgIpc) is 2.60. The molecule has 1 aromatic heterocycles. The molecular weight excluding hydrogens is 380 g/mol. The quantitative estimate of drug-likeness (QED) is 0.831. The Bertz CT molecular complexity index is 944. The van der Waals surface area contributed by atoms with Gasteiger partial charge in [-0.1, -0.05) is 0 Å². The Kier molecular flexibility index (Phi) is 5.56. The molecule has 0 radical (unpaired) electrons. The first-order chi connectivity index (χ1) is 12.7. The highest BCUT2D eigenvalue weighted by Crippen LogP contribution is 2.22. The van der Waals surface area contributed by atoms with E-state index in [0.717, 1.165) is 0 Å². The molecule has 2 aromatic rings. The molecule has 3 rings (SSSR count). The molecule has 0 saturated carbocycles. The lowest BCUT2D eigenvalue weighted by molar-refractivity contribution is -0.0497. The van der Waals surface area contributed by atoms with Crippen molar-refractivity contribution < 1.29 is 26.7 Å². The fourth-order valence-electron chi connectivity index (χ4n) is 3.00. The van der Waals surface area contributed by atoms with Crippen LogP contribution in [0.4, 0.5) is 8.78 Å². The van der Waals surface area contributed by atoms with Gasteiger partial charge in [0, 0.05) is 36.8 Å². The van der Waals surface area contributed by atoms with Gasteiger partial charge in [-0.3, -0.25) is 9.78 Å². The van der Waals surface area contributed by atoms with Crippen molar-refractivity contribution in [2.24, 2.45) is 0 Å². The summed E-state index contributed by atoms with van der Waals surface area (Å²) in [6.45, 7) is -2.18. The lowest BCUT2D eigenvalue weighted by atomic mass is 10.1. The van der Waals surface area contributed by atoms with Crippen molar-refractivity contribution >= 4 is 26.8 Å². The number of fused-ring (bicyclic) bond motifs is 1. The number of carbonyl (C=O) groups excluding carboxylic acids is 1. The van der Waals surface area contributed by atoms with Gasteiger partial charge < -0.3 is 10.1 Å². The zero-order valence-corrected chi connectivity index (χ0v) is 15.4. The Labute approximate surface area is 155 Å². The number of hydrogen-bond acceptors (Lipinski definition) is 5. The first-order valence-corrected chi connectivity index (χ1v) is 10.2. The molecule has 1 amide bonds. The number of aromatic nitrogens is 1. The van der Waals surface area contributed by atoms with Crippen molar-refractivity contribution in [3.05, 3.63) is 36.0 Å². The van der Waals surface area contributed by atoms with Crippen LogP contribution in [0, 0.1) is 0 Å². The zero-order valence-electron chi connectivity index (χ0n) is 14.6. The normalized spacial score (nSPS) is 16.6. The monoisotopic (exact) mass is 399 g/mol. The van der Waals surface area contributed by atoms with Crippen LogP contribution < -0.4 is 10.1 Å². The molecule has 1 aliphatic heterocycles. The Hall–Kier alpha value is -2.33. The minimum Gasteiger partial charge on any atom is -0.435 e. The minimum atomic E-state index is -3.21. The molecular formula is C17H19F2N3O4S. The summed E-state index contributed by atoms with van der Waals surface area (Å²) < 4.78 is 53.3. The molecule has 1 N–H and O–H groups in total. The van der Waals surface area contributed by atoms with Crippen molar-refractivity contribution in [2.75, 3.05) is 19.3 Å². The number of nitrogens with zero attached hydrogens (tertiary/aromatic N) is 2. The highest BCUT2D eigenvalue weighted by atomic mass is 32.2. The van der Waals surface area contributed by atoms with E-state index in [1.54, 1.807) is 12.1 Å². The Morgan fingerprint density at radius 1 is 1.30 bits per heavy atom. The number of halogens is 2. The van der Waals surface area contributed by atoms with Gasteiger partial charge in [0.05, 0.1) is 17.3 Å². The molecule has 1 aliphatic rings. The fourth-order valence-corrected chi connectivity index (χ4v) is 3.88. The molecule has 7 nitrogen and oxygen atoms in total. The standard InChI is InChI=1S/C17H19F2N3O4S/c1-27(24,25)22-6-4-13(5-7-22)21-16(23)12-8-11-2-3-14(26-17(18)19)9-15(11)20-10-12/h2-3,8-10,13,17H,4-7H2,1H3,(H,21,23). The number of carbonyl (C=O) groups is 1. The van der Waals surface area contributed by atoms with Gasteiger partial charge in [0.25, 0.3) is 5.91 Å². The second-order valence-corrected chi connectivity index (χ2v) is 8.35. The molecule has 27 heavy (non-hydrogen) atoms. The molecule has 0 unspecified atom stereocenters. The Morgan fingerprint density at radius 3 is 2.63 bits per heavy atom. The van der Waals surface area contributed by atoms with Crippen LogP contribution in [0.15, 0.2) is 30.5 Å². The Morgan fingerprint density at radius 2 is 2.00 bits per heavy atom. The number of pyridine rings is 1. The summed E-state index contributed by atoms with van der Waals surface area (Å²) in [7, 11) is -3.21. The number of alkyl halides is 2. The number of nitrogens with one attached hydrogen (secondary N) is 1. The van der Waals surface area contributed by atoms with E-state index in [9.17, 15) is 22.0 Å². The van der Waals surface area contributed by atoms with Crippen LogP contribution >= 0.6 is 0 Å². The van der Waals surface area contributed by atoms with Crippen LogP contribution in [0.1, 0.15) is 23.2 Å². The van der Waals surface area contributed by atoms with Crippen molar-refractivity contribution in [1.82, 2.24) is 14.6 Å². The van der Waals surface area contributed by atoms with Gasteiger partial charge in [-0.25, -0.2) is 12.7 Å². The van der Waals surface area contributed by atoms with E-state index in [2.05, 4.69) is 15.0 Å². The predicted molar refractivity (Wildman–Crippen MR) is 95.3 cm³/mol. The third-order valence-corrected chi connectivity index (χ3v) is 5.70. The fraction of sp³-hybridized carbons (Fsp3) is 0.412. The van der Waals surface area contributed by atoms with E-state index in [1.807, 2.05) is 0 Å². The molecule has 2 heterocycles. The number of benzene rings is 1. The van der Waals surface area contributed by atoms with Crippen LogP contribution in [0.25, 0.3) is 10.9 Å². The van der Waals surface area contributed by atoms with E-state index < -0.39 is 16.6 Å². The van der Waals surface area contributed by atoms with E-state index in [-0.39, 0.29) is 17.7 Å². The number of hydrogen-bond donors (Lipinski definition) is 1. The van der Waals surface area contributed by atoms with E-state index >= 15 is 0 Å². The van der Waals surface area contributed by atoms with Gasteiger partial charge in [0.1, 0.15) is 5.75 Å². The summed E-state index contributed by atoms with van der Waals surface area (Å²) in [5.74, 6) is -0.310.